The third-order valence-corrected chi connectivity index (χ3v) is 3.49. The van der Waals surface area contributed by atoms with Crippen LogP contribution in [0.15, 0.2) is 11.5 Å². The molecule has 0 aromatic carbocycles. The Balaban J connectivity index is 2.41. The van der Waals surface area contributed by atoms with Crippen LogP contribution in [0.5, 0.6) is 0 Å². The molecule has 7 heteroatoms. The molecule has 0 amide bonds. The van der Waals surface area contributed by atoms with Gasteiger partial charge in [-0.25, -0.2) is 15.0 Å². The van der Waals surface area contributed by atoms with Crippen molar-refractivity contribution in [3.8, 4) is 0 Å². The average Bonchev–Trinajstić information content (AvgIpc) is 2.71. The summed E-state index contributed by atoms with van der Waals surface area (Å²) in [6.07, 6.45) is 2.68. The van der Waals surface area contributed by atoms with E-state index in [1.165, 1.54) is 0 Å². The largest absolute Gasteiger partial charge is 0.395 e. The summed E-state index contributed by atoms with van der Waals surface area (Å²) in [5.74, 6) is 0.954. The Bertz CT molecular complexity index is 516. The first kappa shape index (κ1) is 12.6. The lowest BCUT2D eigenvalue weighted by atomic mass is 10.5. The molecule has 0 saturated carbocycles. The molecule has 2 aromatic heterocycles. The summed E-state index contributed by atoms with van der Waals surface area (Å²) >= 11 is 7.62. The van der Waals surface area contributed by atoms with Gasteiger partial charge in [-0.2, -0.15) is 0 Å². The topological polar surface area (TPSA) is 63.8 Å². The average molecular weight is 273 g/mol. The summed E-state index contributed by atoms with van der Waals surface area (Å²) in [5.41, 5.74) is 1.26. The minimum atomic E-state index is 0.0461. The number of rotatable bonds is 5. The molecule has 92 valence electrons. The number of aromatic nitrogens is 4. The van der Waals surface area contributed by atoms with Crippen molar-refractivity contribution in [1.82, 2.24) is 19.5 Å². The van der Waals surface area contributed by atoms with Crippen molar-refractivity contribution in [3.05, 3.63) is 11.5 Å². The molecular weight excluding hydrogens is 260 g/mol. The van der Waals surface area contributed by atoms with E-state index in [4.69, 9.17) is 16.7 Å². The Labute approximate surface area is 108 Å². The van der Waals surface area contributed by atoms with E-state index in [1.54, 1.807) is 22.7 Å². The first-order valence-corrected chi connectivity index (χ1v) is 6.74. The van der Waals surface area contributed by atoms with Crippen LogP contribution in [-0.4, -0.2) is 37.0 Å². The van der Waals surface area contributed by atoms with Crippen LogP contribution in [0.4, 0.5) is 0 Å². The number of aliphatic hydroxyl groups is 1. The molecule has 0 atom stereocenters. The predicted octanol–water partition coefficient (Wildman–Crippen LogP) is 1.97. The Kier molecular flexibility index (Phi) is 4.20. The lowest BCUT2D eigenvalue weighted by Crippen LogP contribution is -2.02. The molecule has 0 spiro atoms. The fourth-order valence-electron chi connectivity index (χ4n) is 1.42. The zero-order valence-electron chi connectivity index (χ0n) is 9.43. The van der Waals surface area contributed by atoms with Gasteiger partial charge in [0.1, 0.15) is 5.52 Å². The minimum Gasteiger partial charge on any atom is -0.395 e. The van der Waals surface area contributed by atoms with E-state index in [0.29, 0.717) is 28.0 Å². The zero-order valence-corrected chi connectivity index (χ0v) is 11.0. The smallest absolute Gasteiger partial charge is 0.191 e. The Morgan fingerprint density at radius 2 is 2.29 bits per heavy atom. The Morgan fingerprint density at radius 1 is 1.47 bits per heavy atom. The van der Waals surface area contributed by atoms with Crippen LogP contribution in [-0.2, 0) is 6.54 Å². The van der Waals surface area contributed by atoms with Crippen molar-refractivity contribution >= 4 is 34.5 Å². The molecule has 0 aliphatic rings. The van der Waals surface area contributed by atoms with E-state index in [1.807, 2.05) is 0 Å². The lowest BCUT2D eigenvalue weighted by molar-refractivity contribution is 0.277. The maximum absolute atomic E-state index is 8.95. The van der Waals surface area contributed by atoms with Crippen molar-refractivity contribution in [3.63, 3.8) is 0 Å². The highest BCUT2D eigenvalue weighted by Crippen LogP contribution is 2.23. The molecule has 0 aliphatic heterocycles. The molecule has 0 unspecified atom stereocenters. The van der Waals surface area contributed by atoms with Crippen LogP contribution in [0.2, 0.25) is 5.15 Å². The summed E-state index contributed by atoms with van der Waals surface area (Å²) in [7, 11) is 0. The molecule has 2 heterocycles. The van der Waals surface area contributed by atoms with Crippen LogP contribution in [0.3, 0.4) is 0 Å². The molecule has 0 bridgehead atoms. The van der Waals surface area contributed by atoms with Gasteiger partial charge >= 0.3 is 0 Å². The van der Waals surface area contributed by atoms with Crippen LogP contribution in [0.1, 0.15) is 13.3 Å². The molecule has 0 radical (unpaired) electrons. The quantitative estimate of drug-likeness (QED) is 0.512. The highest BCUT2D eigenvalue weighted by atomic mass is 35.5. The molecule has 0 fully saturated rings. The summed E-state index contributed by atoms with van der Waals surface area (Å²) < 4.78 is 1.78. The number of imidazole rings is 1. The summed E-state index contributed by atoms with van der Waals surface area (Å²) in [5, 5.41) is 9.97. The van der Waals surface area contributed by atoms with Gasteiger partial charge in [0.25, 0.3) is 0 Å². The van der Waals surface area contributed by atoms with Crippen LogP contribution in [0.25, 0.3) is 11.2 Å². The third kappa shape index (κ3) is 2.70. The first-order valence-electron chi connectivity index (χ1n) is 5.38. The van der Waals surface area contributed by atoms with Gasteiger partial charge in [0.2, 0.25) is 0 Å². The number of hydrogen-bond donors (Lipinski definition) is 1. The molecule has 17 heavy (non-hydrogen) atoms. The number of fused-ring (bicyclic) bond motifs is 1. The maximum atomic E-state index is 8.95. The lowest BCUT2D eigenvalue weighted by Gasteiger charge is -2.03. The van der Waals surface area contributed by atoms with Gasteiger partial charge in [0, 0.05) is 12.3 Å². The van der Waals surface area contributed by atoms with Crippen molar-refractivity contribution < 1.29 is 5.11 Å². The zero-order chi connectivity index (χ0) is 12.3. The van der Waals surface area contributed by atoms with Gasteiger partial charge in [0.05, 0.1) is 12.9 Å². The molecule has 2 aromatic rings. The highest BCUT2D eigenvalue weighted by molar-refractivity contribution is 7.99. The normalized spacial score (nSPS) is 11.2. The van der Waals surface area contributed by atoms with Crippen LogP contribution in [0, 0.1) is 0 Å². The second kappa shape index (κ2) is 5.66. The highest BCUT2D eigenvalue weighted by Gasteiger charge is 2.11. The summed E-state index contributed by atoms with van der Waals surface area (Å²) in [4.78, 5) is 12.7. The van der Waals surface area contributed by atoms with E-state index >= 15 is 0 Å². The number of hydrogen-bond acceptors (Lipinski definition) is 5. The van der Waals surface area contributed by atoms with Crippen molar-refractivity contribution in [2.75, 3.05) is 12.4 Å². The Hall–Kier alpha value is -0.850. The first-order chi connectivity index (χ1) is 8.26. The number of nitrogens with zero attached hydrogens (tertiary/aromatic N) is 4. The Morgan fingerprint density at radius 3 is 3.00 bits per heavy atom. The number of aliphatic hydroxyl groups excluding tert-OH is 1. The monoisotopic (exact) mass is 272 g/mol. The molecule has 0 aliphatic carbocycles. The molecule has 5 nitrogen and oxygen atoms in total. The summed E-state index contributed by atoms with van der Waals surface area (Å²) in [6, 6.07) is 0. The van der Waals surface area contributed by atoms with Crippen LogP contribution < -0.4 is 0 Å². The fraction of sp³-hybridized carbons (Fsp3) is 0.500. The van der Waals surface area contributed by atoms with Crippen molar-refractivity contribution in [1.29, 1.82) is 0 Å². The second-order valence-electron chi connectivity index (χ2n) is 3.48. The van der Waals surface area contributed by atoms with Gasteiger partial charge in [-0.3, -0.25) is 0 Å². The van der Waals surface area contributed by atoms with Crippen molar-refractivity contribution in [2.45, 2.75) is 25.0 Å². The van der Waals surface area contributed by atoms with Crippen LogP contribution >= 0.6 is 23.4 Å². The van der Waals surface area contributed by atoms with E-state index < -0.39 is 0 Å². The minimum absolute atomic E-state index is 0.0461. The second-order valence-corrected chi connectivity index (χ2v) is 4.90. The van der Waals surface area contributed by atoms with E-state index in [9.17, 15) is 0 Å². The molecular formula is C10H13ClN4OS. The van der Waals surface area contributed by atoms with Gasteiger partial charge in [-0.1, -0.05) is 30.3 Å². The summed E-state index contributed by atoms with van der Waals surface area (Å²) in [6.45, 7) is 2.61. The predicted molar refractivity (Wildman–Crippen MR) is 68.4 cm³/mol. The van der Waals surface area contributed by atoms with Crippen molar-refractivity contribution in [2.24, 2.45) is 0 Å². The van der Waals surface area contributed by atoms with E-state index in [-0.39, 0.29) is 6.61 Å². The fourth-order valence-corrected chi connectivity index (χ4v) is 2.38. The molecule has 1 N–H and O–H groups in total. The SMILES string of the molecule is CCCSc1nc(Cl)c2ncn(CCO)c2n1. The van der Waals surface area contributed by atoms with E-state index in [0.717, 1.165) is 12.2 Å². The number of thioether (sulfide) groups is 1. The van der Waals surface area contributed by atoms with Gasteiger partial charge < -0.3 is 9.67 Å². The van der Waals surface area contributed by atoms with Gasteiger partial charge in [-0.05, 0) is 6.42 Å². The molecule has 2 rings (SSSR count). The van der Waals surface area contributed by atoms with E-state index in [2.05, 4.69) is 21.9 Å². The third-order valence-electron chi connectivity index (χ3n) is 2.18. The van der Waals surface area contributed by atoms with Gasteiger partial charge in [-0.15, -0.1) is 0 Å². The maximum Gasteiger partial charge on any atom is 0.191 e. The van der Waals surface area contributed by atoms with Gasteiger partial charge in [0.15, 0.2) is 16.0 Å². The molecule has 0 saturated heterocycles. The standard InChI is InChI=1S/C10H13ClN4OS/c1-2-5-17-10-13-8(11)7-9(14-10)15(3-4-16)6-12-7/h6,16H,2-5H2,1H3. The number of halogens is 1.